The molecule has 0 bridgehead atoms. The Hall–Kier alpha value is -0.520. The molecule has 12 heavy (non-hydrogen) atoms. The molecule has 0 aromatic heterocycles. The highest BCUT2D eigenvalue weighted by atomic mass is 16.5. The third-order valence-electron chi connectivity index (χ3n) is 2.23. The van der Waals surface area contributed by atoms with E-state index in [9.17, 15) is 5.11 Å². The van der Waals surface area contributed by atoms with Crippen LogP contribution >= 0.6 is 0 Å². The number of terminal acetylenes is 1. The molecule has 0 aliphatic heterocycles. The van der Waals surface area contributed by atoms with Crippen LogP contribution in [0.15, 0.2) is 0 Å². The van der Waals surface area contributed by atoms with Crippen molar-refractivity contribution in [2.45, 2.75) is 44.8 Å². The average molecular weight is 170 g/mol. The van der Waals surface area contributed by atoms with E-state index in [0.717, 1.165) is 19.3 Å². The Morgan fingerprint density at radius 2 is 2.25 bits per heavy atom. The van der Waals surface area contributed by atoms with E-state index in [1.54, 1.807) is 7.11 Å². The molecule has 0 saturated heterocycles. The highest BCUT2D eigenvalue weighted by Gasteiger charge is 2.30. The maximum absolute atomic E-state index is 9.44. The van der Waals surface area contributed by atoms with Gasteiger partial charge < -0.3 is 9.84 Å². The fourth-order valence-electron chi connectivity index (χ4n) is 1.05. The molecule has 0 spiro atoms. The van der Waals surface area contributed by atoms with Gasteiger partial charge in [-0.25, -0.2) is 0 Å². The fraction of sp³-hybridized carbons (Fsp3) is 0.800. The minimum absolute atomic E-state index is 0.579. The second kappa shape index (κ2) is 5.18. The number of unbranched alkanes of at least 4 members (excludes halogenated alkanes) is 1. The van der Waals surface area contributed by atoms with Gasteiger partial charge in [0.15, 0.2) is 0 Å². The summed E-state index contributed by atoms with van der Waals surface area (Å²) in [6.45, 7) is 3.94. The molecule has 0 aromatic rings. The Labute approximate surface area is 74.9 Å². The predicted molar refractivity (Wildman–Crippen MR) is 49.8 cm³/mol. The second-order valence-corrected chi connectivity index (χ2v) is 3.19. The van der Waals surface area contributed by atoms with Gasteiger partial charge >= 0.3 is 0 Å². The number of aliphatic hydroxyl groups excluding tert-OH is 1. The monoisotopic (exact) mass is 170 g/mol. The molecule has 0 unspecified atom stereocenters. The molecule has 0 rings (SSSR count). The van der Waals surface area contributed by atoms with Gasteiger partial charge in [0, 0.05) is 7.11 Å². The number of hydrogen-bond acceptors (Lipinski definition) is 2. The minimum atomic E-state index is -0.811. The summed E-state index contributed by atoms with van der Waals surface area (Å²) in [5, 5.41) is 9.44. The molecule has 0 aromatic carbocycles. The van der Waals surface area contributed by atoms with Crippen molar-refractivity contribution in [2.24, 2.45) is 0 Å². The van der Waals surface area contributed by atoms with Crippen molar-refractivity contribution in [3.8, 4) is 12.3 Å². The molecule has 2 atom stereocenters. The van der Waals surface area contributed by atoms with E-state index in [4.69, 9.17) is 11.2 Å². The summed E-state index contributed by atoms with van der Waals surface area (Å²) in [6.07, 6.45) is 7.21. The van der Waals surface area contributed by atoms with E-state index in [2.05, 4.69) is 12.8 Å². The van der Waals surface area contributed by atoms with E-state index in [0.29, 0.717) is 0 Å². The summed E-state index contributed by atoms with van der Waals surface area (Å²) in [6, 6.07) is 0. The Kier molecular flexibility index (Phi) is 4.96. The van der Waals surface area contributed by atoms with Crippen molar-refractivity contribution < 1.29 is 9.84 Å². The van der Waals surface area contributed by atoms with Crippen molar-refractivity contribution in [1.82, 2.24) is 0 Å². The summed E-state index contributed by atoms with van der Waals surface area (Å²) in [7, 11) is 1.58. The summed E-state index contributed by atoms with van der Waals surface area (Å²) >= 11 is 0. The van der Waals surface area contributed by atoms with Crippen LogP contribution in [0.3, 0.4) is 0 Å². The van der Waals surface area contributed by atoms with Crippen LogP contribution < -0.4 is 0 Å². The zero-order chi connectivity index (χ0) is 9.61. The lowest BCUT2D eigenvalue weighted by Crippen LogP contribution is -2.40. The topological polar surface area (TPSA) is 29.5 Å². The minimum Gasteiger partial charge on any atom is -0.377 e. The maximum Gasteiger partial charge on any atom is 0.142 e. The lowest BCUT2D eigenvalue weighted by Gasteiger charge is -2.30. The van der Waals surface area contributed by atoms with Crippen LogP contribution in [0.25, 0.3) is 0 Å². The highest BCUT2D eigenvalue weighted by Crippen LogP contribution is 2.21. The van der Waals surface area contributed by atoms with Gasteiger partial charge in [-0.05, 0) is 13.3 Å². The molecular formula is C10H18O2. The smallest absolute Gasteiger partial charge is 0.142 e. The van der Waals surface area contributed by atoms with Crippen LogP contribution in [0.1, 0.15) is 33.1 Å². The van der Waals surface area contributed by atoms with Crippen LogP contribution in [0, 0.1) is 12.3 Å². The largest absolute Gasteiger partial charge is 0.377 e. The van der Waals surface area contributed by atoms with Gasteiger partial charge in [0.05, 0.1) is 0 Å². The Morgan fingerprint density at radius 3 is 2.58 bits per heavy atom. The second-order valence-electron chi connectivity index (χ2n) is 3.19. The van der Waals surface area contributed by atoms with Gasteiger partial charge in [-0.2, -0.15) is 0 Å². The summed E-state index contributed by atoms with van der Waals surface area (Å²) in [5.74, 6) is 2.30. The van der Waals surface area contributed by atoms with Gasteiger partial charge in [-0.1, -0.05) is 25.7 Å². The predicted octanol–water partition coefficient (Wildman–Crippen LogP) is 1.58. The van der Waals surface area contributed by atoms with Gasteiger partial charge in [0.2, 0.25) is 0 Å². The van der Waals surface area contributed by atoms with E-state index < -0.39 is 11.7 Å². The number of aliphatic hydroxyl groups is 1. The maximum atomic E-state index is 9.44. The Balaban J connectivity index is 4.15. The van der Waals surface area contributed by atoms with Crippen molar-refractivity contribution in [3.05, 3.63) is 0 Å². The molecule has 2 nitrogen and oxygen atoms in total. The fourth-order valence-corrected chi connectivity index (χ4v) is 1.05. The van der Waals surface area contributed by atoms with Crippen LogP contribution in [0.2, 0.25) is 0 Å². The molecule has 0 saturated carbocycles. The molecule has 1 N–H and O–H groups in total. The molecule has 0 amide bonds. The van der Waals surface area contributed by atoms with Crippen LogP contribution in [-0.2, 0) is 4.74 Å². The van der Waals surface area contributed by atoms with Gasteiger partial charge in [-0.3, -0.25) is 0 Å². The van der Waals surface area contributed by atoms with Crippen LogP contribution in [0.5, 0.6) is 0 Å². The molecule has 0 aliphatic rings. The Morgan fingerprint density at radius 1 is 1.67 bits per heavy atom. The number of ether oxygens (including phenoxy) is 1. The van der Waals surface area contributed by atoms with E-state index in [1.807, 2.05) is 6.92 Å². The SMILES string of the molecule is C#C[C@@H](O)[C@@](C)(CCCC)OC. The summed E-state index contributed by atoms with van der Waals surface area (Å²) in [4.78, 5) is 0. The highest BCUT2D eigenvalue weighted by molar-refractivity contribution is 5.03. The molecule has 0 heterocycles. The first kappa shape index (κ1) is 11.5. The van der Waals surface area contributed by atoms with Crippen molar-refractivity contribution in [1.29, 1.82) is 0 Å². The molecule has 2 heteroatoms. The lowest BCUT2D eigenvalue weighted by atomic mass is 9.93. The van der Waals surface area contributed by atoms with Crippen molar-refractivity contribution >= 4 is 0 Å². The zero-order valence-electron chi connectivity index (χ0n) is 8.13. The molecular weight excluding hydrogens is 152 g/mol. The summed E-state index contributed by atoms with van der Waals surface area (Å²) < 4.78 is 5.20. The van der Waals surface area contributed by atoms with Gasteiger partial charge in [0.25, 0.3) is 0 Å². The van der Waals surface area contributed by atoms with Crippen molar-refractivity contribution in [2.75, 3.05) is 7.11 Å². The van der Waals surface area contributed by atoms with Crippen molar-refractivity contribution in [3.63, 3.8) is 0 Å². The first-order valence-corrected chi connectivity index (χ1v) is 4.30. The molecule has 0 fully saturated rings. The number of hydrogen-bond donors (Lipinski definition) is 1. The quantitative estimate of drug-likeness (QED) is 0.635. The van der Waals surface area contributed by atoms with Crippen LogP contribution in [0.4, 0.5) is 0 Å². The lowest BCUT2D eigenvalue weighted by molar-refractivity contribution is -0.0725. The average Bonchev–Trinajstić information content (AvgIpc) is 2.12. The molecule has 70 valence electrons. The molecule has 0 radical (unpaired) electrons. The van der Waals surface area contributed by atoms with Crippen LogP contribution in [-0.4, -0.2) is 23.9 Å². The molecule has 0 aliphatic carbocycles. The van der Waals surface area contributed by atoms with Gasteiger partial charge in [0.1, 0.15) is 11.7 Å². The first-order valence-electron chi connectivity index (χ1n) is 4.30. The third kappa shape index (κ3) is 2.84. The Bertz CT molecular complexity index is 160. The van der Waals surface area contributed by atoms with E-state index >= 15 is 0 Å². The zero-order valence-corrected chi connectivity index (χ0v) is 8.13. The van der Waals surface area contributed by atoms with Gasteiger partial charge in [-0.15, -0.1) is 6.42 Å². The van der Waals surface area contributed by atoms with E-state index in [-0.39, 0.29) is 0 Å². The summed E-state index contributed by atoms with van der Waals surface area (Å²) in [5.41, 5.74) is -0.579. The third-order valence-corrected chi connectivity index (χ3v) is 2.23. The normalized spacial score (nSPS) is 17.9. The standard InChI is InChI=1S/C10H18O2/c1-5-7-8-10(3,12-4)9(11)6-2/h2,9,11H,5,7-8H2,1,3-4H3/t9-,10-/m1/s1. The number of methoxy groups -OCH3 is 1. The first-order chi connectivity index (χ1) is 5.60. The number of rotatable bonds is 5. The van der Waals surface area contributed by atoms with E-state index in [1.165, 1.54) is 0 Å².